The number of carbonyl (C=O) groups is 1. The lowest BCUT2D eigenvalue weighted by Gasteiger charge is -2.14. The third-order valence-corrected chi connectivity index (χ3v) is 5.51. The number of nitrogens with zero attached hydrogens (tertiary/aromatic N) is 1. The highest BCUT2D eigenvalue weighted by molar-refractivity contribution is 5.78. The van der Waals surface area contributed by atoms with Crippen molar-refractivity contribution in [3.63, 3.8) is 0 Å². The Morgan fingerprint density at radius 3 is 2.58 bits per heavy atom. The summed E-state index contributed by atoms with van der Waals surface area (Å²) in [7, 11) is 1.50. The molecule has 0 fully saturated rings. The van der Waals surface area contributed by atoms with Crippen molar-refractivity contribution in [3.8, 4) is 5.75 Å². The average molecular weight is 453 g/mol. The van der Waals surface area contributed by atoms with E-state index in [0.29, 0.717) is 35.5 Å². The highest BCUT2D eigenvalue weighted by Gasteiger charge is 2.13. The van der Waals surface area contributed by atoms with E-state index in [1.807, 2.05) is 25.1 Å². The van der Waals surface area contributed by atoms with E-state index < -0.39 is 5.82 Å². The van der Waals surface area contributed by atoms with Gasteiger partial charge >= 0.3 is 0 Å². The Morgan fingerprint density at radius 2 is 1.85 bits per heavy atom. The van der Waals surface area contributed by atoms with Crippen molar-refractivity contribution in [1.82, 2.24) is 9.99 Å². The molecule has 2 aromatic carbocycles. The Balaban J connectivity index is 1.70. The fourth-order valence-corrected chi connectivity index (χ4v) is 3.53. The van der Waals surface area contributed by atoms with Crippen LogP contribution in [0.5, 0.6) is 5.75 Å². The SMILES string of the molecule is COc1ccc(F)c(CNn2ccc(C)c(CC(=O)NCc3cc(C)ccc3CN)c2=O)c1. The van der Waals surface area contributed by atoms with E-state index >= 15 is 0 Å². The van der Waals surface area contributed by atoms with E-state index in [-0.39, 0.29) is 24.4 Å². The molecule has 8 heteroatoms. The van der Waals surface area contributed by atoms with E-state index in [2.05, 4.69) is 10.7 Å². The second-order valence-electron chi connectivity index (χ2n) is 7.87. The van der Waals surface area contributed by atoms with Crippen LogP contribution >= 0.6 is 0 Å². The molecule has 3 rings (SSSR count). The van der Waals surface area contributed by atoms with Crippen LogP contribution in [-0.2, 0) is 30.8 Å². The first-order chi connectivity index (χ1) is 15.8. The van der Waals surface area contributed by atoms with Crippen LogP contribution in [-0.4, -0.2) is 17.7 Å². The zero-order chi connectivity index (χ0) is 24.0. The fraction of sp³-hybridized carbons (Fsp3) is 0.280. The van der Waals surface area contributed by atoms with Crippen molar-refractivity contribution in [2.45, 2.75) is 39.9 Å². The van der Waals surface area contributed by atoms with Crippen molar-refractivity contribution in [2.75, 3.05) is 12.5 Å². The highest BCUT2D eigenvalue weighted by atomic mass is 19.1. The number of rotatable bonds is 9. The number of halogens is 1. The number of benzene rings is 2. The maximum Gasteiger partial charge on any atom is 0.272 e. The lowest BCUT2D eigenvalue weighted by molar-refractivity contribution is -0.120. The van der Waals surface area contributed by atoms with E-state index in [1.165, 1.54) is 23.9 Å². The van der Waals surface area contributed by atoms with Gasteiger partial charge in [0.2, 0.25) is 5.91 Å². The number of nitrogens with one attached hydrogen (secondary N) is 2. The summed E-state index contributed by atoms with van der Waals surface area (Å²) >= 11 is 0. The van der Waals surface area contributed by atoms with Gasteiger partial charge in [0.25, 0.3) is 5.56 Å². The molecule has 1 heterocycles. The van der Waals surface area contributed by atoms with Crippen molar-refractivity contribution in [2.24, 2.45) is 5.73 Å². The minimum atomic E-state index is -0.406. The van der Waals surface area contributed by atoms with Crippen LogP contribution in [0.3, 0.4) is 0 Å². The van der Waals surface area contributed by atoms with Gasteiger partial charge in [-0.1, -0.05) is 23.8 Å². The Labute approximate surface area is 192 Å². The van der Waals surface area contributed by atoms with Gasteiger partial charge in [-0.15, -0.1) is 0 Å². The average Bonchev–Trinajstić information content (AvgIpc) is 2.81. The molecule has 1 amide bonds. The Bertz CT molecular complexity index is 1210. The number of aromatic nitrogens is 1. The first kappa shape index (κ1) is 24.0. The standard InChI is InChI=1S/C25H29FN4O3/c1-16-4-5-18(13-27)19(10-16)14-28-24(31)12-22-17(2)8-9-30(25(22)32)29-15-20-11-21(33-3)6-7-23(20)26/h4-11,29H,12-15,27H2,1-3H3,(H,28,31). The molecule has 0 atom stereocenters. The van der Waals surface area contributed by atoms with E-state index in [1.54, 1.807) is 25.3 Å². The number of amides is 1. The number of hydrogen-bond donors (Lipinski definition) is 3. The summed E-state index contributed by atoms with van der Waals surface area (Å²) in [5.41, 5.74) is 12.8. The molecule has 0 aliphatic heterocycles. The van der Waals surface area contributed by atoms with Gasteiger partial charge < -0.3 is 21.2 Å². The fourth-order valence-electron chi connectivity index (χ4n) is 3.53. The maximum absolute atomic E-state index is 14.1. The molecule has 0 saturated carbocycles. The molecule has 0 aliphatic rings. The first-order valence-corrected chi connectivity index (χ1v) is 10.6. The van der Waals surface area contributed by atoms with Crippen LogP contribution in [0.1, 0.15) is 33.4 Å². The summed E-state index contributed by atoms with van der Waals surface area (Å²) in [4.78, 5) is 25.6. The molecule has 0 saturated heterocycles. The molecule has 0 aliphatic carbocycles. The molecule has 0 spiro atoms. The number of aryl methyl sites for hydroxylation is 2. The van der Waals surface area contributed by atoms with Crippen molar-refractivity contribution in [3.05, 3.63) is 98.2 Å². The van der Waals surface area contributed by atoms with Crippen LogP contribution < -0.4 is 26.8 Å². The van der Waals surface area contributed by atoms with Gasteiger partial charge in [0.1, 0.15) is 11.6 Å². The molecule has 0 bridgehead atoms. The number of methoxy groups -OCH3 is 1. The van der Waals surface area contributed by atoms with Crippen LogP contribution in [0.25, 0.3) is 0 Å². The normalized spacial score (nSPS) is 10.7. The zero-order valence-electron chi connectivity index (χ0n) is 19.1. The number of carbonyl (C=O) groups excluding carboxylic acids is 1. The summed E-state index contributed by atoms with van der Waals surface area (Å²) in [5, 5.41) is 2.87. The van der Waals surface area contributed by atoms with E-state index in [0.717, 1.165) is 16.7 Å². The third kappa shape index (κ3) is 5.98. The zero-order valence-corrected chi connectivity index (χ0v) is 19.1. The predicted octanol–water partition coefficient (Wildman–Crippen LogP) is 2.67. The molecule has 3 aromatic rings. The second-order valence-corrected chi connectivity index (χ2v) is 7.87. The van der Waals surface area contributed by atoms with Gasteiger partial charge in [0, 0.05) is 30.4 Å². The molecule has 33 heavy (non-hydrogen) atoms. The highest BCUT2D eigenvalue weighted by Crippen LogP contribution is 2.16. The predicted molar refractivity (Wildman–Crippen MR) is 126 cm³/mol. The quantitative estimate of drug-likeness (QED) is 0.464. The lowest BCUT2D eigenvalue weighted by atomic mass is 10.0. The molecule has 1 aromatic heterocycles. The van der Waals surface area contributed by atoms with Crippen LogP contribution in [0.15, 0.2) is 53.5 Å². The topological polar surface area (TPSA) is 98.4 Å². The molecule has 7 nitrogen and oxygen atoms in total. The van der Waals surface area contributed by atoms with Crippen molar-refractivity contribution in [1.29, 1.82) is 0 Å². The van der Waals surface area contributed by atoms with Crippen molar-refractivity contribution < 1.29 is 13.9 Å². The molecule has 174 valence electrons. The number of nitrogens with two attached hydrogens (primary N) is 1. The molecule has 0 unspecified atom stereocenters. The molecule has 0 radical (unpaired) electrons. The Kier molecular flexibility index (Phi) is 7.84. The molecule has 4 N–H and O–H groups in total. The molecular formula is C25H29FN4O3. The summed E-state index contributed by atoms with van der Waals surface area (Å²) in [6.45, 7) is 4.55. The van der Waals surface area contributed by atoms with Crippen LogP contribution in [0, 0.1) is 19.7 Å². The first-order valence-electron chi connectivity index (χ1n) is 10.6. The van der Waals surface area contributed by atoms with E-state index in [4.69, 9.17) is 10.5 Å². The number of ether oxygens (including phenoxy) is 1. The second kappa shape index (κ2) is 10.8. The largest absolute Gasteiger partial charge is 0.497 e. The minimum Gasteiger partial charge on any atom is -0.497 e. The van der Waals surface area contributed by atoms with Crippen LogP contribution in [0.4, 0.5) is 4.39 Å². The van der Waals surface area contributed by atoms with Crippen LogP contribution in [0.2, 0.25) is 0 Å². The van der Waals surface area contributed by atoms with Gasteiger partial charge in [0.05, 0.1) is 20.1 Å². The van der Waals surface area contributed by atoms with Gasteiger partial charge in [0.15, 0.2) is 0 Å². The third-order valence-electron chi connectivity index (χ3n) is 5.51. The lowest BCUT2D eigenvalue weighted by Crippen LogP contribution is -2.34. The monoisotopic (exact) mass is 452 g/mol. The summed E-state index contributed by atoms with van der Waals surface area (Å²) < 4.78 is 20.5. The summed E-state index contributed by atoms with van der Waals surface area (Å²) in [5.74, 6) is -0.152. The summed E-state index contributed by atoms with van der Waals surface area (Å²) in [6, 6.07) is 12.1. The van der Waals surface area contributed by atoms with E-state index in [9.17, 15) is 14.0 Å². The summed E-state index contributed by atoms with van der Waals surface area (Å²) in [6.07, 6.45) is 1.50. The Morgan fingerprint density at radius 1 is 1.06 bits per heavy atom. The molecular weight excluding hydrogens is 423 g/mol. The van der Waals surface area contributed by atoms with Gasteiger partial charge in [-0.2, -0.15) is 0 Å². The van der Waals surface area contributed by atoms with Gasteiger partial charge in [-0.25, -0.2) is 9.07 Å². The van der Waals surface area contributed by atoms with Crippen molar-refractivity contribution >= 4 is 5.91 Å². The smallest absolute Gasteiger partial charge is 0.272 e. The number of pyridine rings is 1. The van der Waals surface area contributed by atoms with Gasteiger partial charge in [-0.05, 0) is 54.8 Å². The number of hydrogen-bond acceptors (Lipinski definition) is 5. The Hall–Kier alpha value is -3.65. The minimum absolute atomic E-state index is 0.0650. The maximum atomic E-state index is 14.1. The van der Waals surface area contributed by atoms with Gasteiger partial charge in [-0.3, -0.25) is 9.59 Å².